The summed E-state index contributed by atoms with van der Waals surface area (Å²) in [5.74, 6) is 0. The molecule has 0 unspecified atom stereocenters. The fourth-order valence-electron chi connectivity index (χ4n) is 13.3. The number of carbonyl (C=O) groups is 1. The van der Waals surface area contributed by atoms with Gasteiger partial charge in [0.1, 0.15) is 35.6 Å². The number of nitrogens with zero attached hydrogens (tertiary/aromatic N) is 2. The number of halogens is 1. The van der Waals surface area contributed by atoms with Crippen molar-refractivity contribution in [3.63, 3.8) is 0 Å². The quantitative estimate of drug-likeness (QED) is 0.0234. The third-order valence-corrected chi connectivity index (χ3v) is 34.4. The van der Waals surface area contributed by atoms with Crippen molar-refractivity contribution in [3.8, 4) is 0 Å². The predicted octanol–water partition coefficient (Wildman–Crippen LogP) is 13.7. The Morgan fingerprint density at radius 2 is 0.745 bits per heavy atom. The number of hydrogen-bond acceptors (Lipinski definition) is 7. The Morgan fingerprint density at radius 3 is 1.04 bits per heavy atom. The largest absolute Gasteiger partial charge is 1.00 e. The number of hydrogen-bond donors (Lipinski definition) is 0. The molecular formula is C90H99ClLiN2O3PS2Si2. The van der Waals surface area contributed by atoms with Crippen molar-refractivity contribution in [1.82, 2.24) is 0 Å². The minimum absolute atomic E-state index is 0. The number of rotatable bonds is 26. The standard InChI is InChI=1S/C33H39NOSSi.C28H35NO2Si.C23H20PS.C6H5.ClH.Li/c1-5-24-34(29-21-18-28(19-22-29)20-23-30-13-12-27-36-30)25-26-35-37(33(2,3)4,31-14-8-6-9-15-31)32-16-10-7-11-17-32;1-5-20-29(25-18-16-24(23-30)17-19-25)21-22-31-32(28(2,3)4,26-12-8-6-9-13-26)27-14-10-7-11-15-27;1-4-11-20(12-5-1)24(19-23-17-10-18-25-23,21-13-6-2-7-14-21)22-15-8-3-9-16-22;1-2-4-6-5-3-1;;/h6-23,27H,5,24-26H2,1-4H3;6-19,23H,5,20-22H2,1-4H3;1-18H,19H2;1-5H;1H;/q;;+1;-1;;+1/p-1. The predicted molar refractivity (Wildman–Crippen MR) is 442 cm³/mol. The molecule has 2 aromatic heterocycles. The zero-order chi connectivity index (χ0) is 70.4. The molecule has 102 heavy (non-hydrogen) atoms. The van der Waals surface area contributed by atoms with Gasteiger partial charge in [-0.15, -0.1) is 22.7 Å². The SMILES string of the molecule is CCCN(CCO[Si](c1ccccc1)(c1ccccc1)C(C)(C)C)c1ccc(C=Cc2cccs2)cc1.CCCN(CCO[Si](c1ccccc1)(c1ccccc1)C(C)(C)C)c1ccc(C=O)cc1.[Cl-].[Li+].[c-]1ccccc1.c1ccc([P+](Cc2cccs2)(c2ccccc2)c2ccccc2)cc1. The average Bonchev–Trinajstić information content (AvgIpc) is 0.961. The van der Waals surface area contributed by atoms with E-state index in [0.717, 1.165) is 57.2 Å². The first-order valence-corrected chi connectivity index (χ1v) is 42.7. The van der Waals surface area contributed by atoms with Gasteiger partial charge in [0, 0.05) is 52.9 Å². The summed E-state index contributed by atoms with van der Waals surface area (Å²) in [6.07, 6.45) is 8.48. The van der Waals surface area contributed by atoms with Crippen molar-refractivity contribution in [2.24, 2.45) is 0 Å². The molecule has 0 bridgehead atoms. The van der Waals surface area contributed by atoms with E-state index in [9.17, 15) is 4.79 Å². The second-order valence-electron chi connectivity index (χ2n) is 26.8. The second-order valence-corrected chi connectivity index (χ2v) is 40.9. The van der Waals surface area contributed by atoms with Crippen molar-refractivity contribution in [2.45, 2.75) is 84.5 Å². The van der Waals surface area contributed by atoms with Gasteiger partial charge >= 0.3 is 18.9 Å². The molecular weight excluding hydrogens is 1350 g/mol. The molecule has 0 aliphatic heterocycles. The number of aldehydes is 1. The fraction of sp³-hybridized carbons (Fsp3) is 0.211. The van der Waals surface area contributed by atoms with Crippen molar-refractivity contribution in [1.29, 1.82) is 0 Å². The molecule has 12 rings (SSSR count). The molecule has 12 heteroatoms. The topological polar surface area (TPSA) is 42.0 Å². The van der Waals surface area contributed by atoms with Gasteiger partial charge in [0.25, 0.3) is 16.6 Å². The molecule has 0 aliphatic carbocycles. The van der Waals surface area contributed by atoms with E-state index in [0.29, 0.717) is 18.8 Å². The van der Waals surface area contributed by atoms with Gasteiger partial charge in [0.05, 0.1) is 13.2 Å². The van der Waals surface area contributed by atoms with E-state index < -0.39 is 23.9 Å². The molecule has 12 aromatic rings. The molecule has 0 amide bonds. The molecule has 0 saturated carbocycles. The Morgan fingerprint density at radius 1 is 0.402 bits per heavy atom. The van der Waals surface area contributed by atoms with Crippen LogP contribution in [0.15, 0.2) is 326 Å². The average molecular weight is 1450 g/mol. The normalized spacial score (nSPS) is 11.4. The first-order valence-electron chi connectivity index (χ1n) is 35.1. The molecule has 0 atom stereocenters. The number of anilines is 2. The molecule has 0 spiro atoms. The van der Waals surface area contributed by atoms with Crippen LogP contribution in [0.3, 0.4) is 0 Å². The van der Waals surface area contributed by atoms with E-state index in [-0.39, 0.29) is 41.3 Å². The zero-order valence-electron chi connectivity index (χ0n) is 61.0. The molecule has 520 valence electrons. The van der Waals surface area contributed by atoms with Gasteiger partial charge in [-0.3, -0.25) is 4.79 Å². The number of carbonyl (C=O) groups excluding carboxylic acids is 1. The van der Waals surface area contributed by atoms with Crippen molar-refractivity contribution in [3.05, 3.63) is 353 Å². The van der Waals surface area contributed by atoms with Crippen LogP contribution in [-0.2, 0) is 15.0 Å². The van der Waals surface area contributed by atoms with Crippen LogP contribution in [0.5, 0.6) is 0 Å². The summed E-state index contributed by atoms with van der Waals surface area (Å²) < 4.78 is 14.2. The summed E-state index contributed by atoms with van der Waals surface area (Å²) in [5.41, 5.74) is 4.30. The first kappa shape index (κ1) is 81.6. The van der Waals surface area contributed by atoms with Crippen molar-refractivity contribution >= 4 is 113 Å². The van der Waals surface area contributed by atoms with Crippen LogP contribution in [0.1, 0.15) is 93.9 Å². The third-order valence-electron chi connectivity index (χ3n) is 18.0. The Bertz CT molecular complexity index is 4020. The molecule has 0 N–H and O–H groups in total. The molecule has 0 fully saturated rings. The van der Waals surface area contributed by atoms with E-state index in [1.54, 1.807) is 11.3 Å². The van der Waals surface area contributed by atoms with Crippen molar-refractivity contribution in [2.75, 3.05) is 49.2 Å². The number of thiophene rings is 2. The summed E-state index contributed by atoms with van der Waals surface area (Å²) in [5, 5.41) is 13.9. The molecule has 2 heterocycles. The maximum absolute atomic E-state index is 11.0. The molecule has 5 nitrogen and oxygen atoms in total. The van der Waals surface area contributed by atoms with Crippen LogP contribution >= 0.6 is 29.9 Å². The van der Waals surface area contributed by atoms with E-state index in [1.165, 1.54) is 57.7 Å². The third kappa shape index (κ3) is 21.7. The second kappa shape index (κ2) is 41.5. The Hall–Kier alpha value is -7.72. The van der Waals surface area contributed by atoms with Crippen LogP contribution < -0.4 is 77.7 Å². The van der Waals surface area contributed by atoms with Gasteiger partial charge in [-0.2, -0.15) is 36.4 Å². The minimum Gasteiger partial charge on any atom is -1.00 e. The van der Waals surface area contributed by atoms with Crippen LogP contribution in [0.25, 0.3) is 12.2 Å². The van der Waals surface area contributed by atoms with Crippen molar-refractivity contribution < 1.29 is 44.9 Å². The van der Waals surface area contributed by atoms with E-state index in [2.05, 4.69) is 355 Å². The van der Waals surface area contributed by atoms with Gasteiger partial charge in [0.2, 0.25) is 0 Å². The summed E-state index contributed by atoms with van der Waals surface area (Å²) >= 11 is 3.62. The Kier molecular flexibility index (Phi) is 33.2. The number of benzene rings is 10. The first-order chi connectivity index (χ1) is 48.7. The van der Waals surface area contributed by atoms with Crippen LogP contribution in [0.4, 0.5) is 11.4 Å². The van der Waals surface area contributed by atoms with E-state index in [1.807, 2.05) is 65.9 Å². The van der Waals surface area contributed by atoms with Gasteiger partial charge in [-0.25, -0.2) is 0 Å². The van der Waals surface area contributed by atoms with E-state index >= 15 is 0 Å². The maximum Gasteiger partial charge on any atom is 1.00 e. The zero-order valence-corrected chi connectivity index (χ0v) is 66.3. The molecule has 10 aromatic carbocycles. The summed E-state index contributed by atoms with van der Waals surface area (Å²) in [4.78, 5) is 18.6. The van der Waals surface area contributed by atoms with Gasteiger partial charge in [0.15, 0.2) is 0 Å². The van der Waals surface area contributed by atoms with Crippen LogP contribution in [0, 0.1) is 6.07 Å². The Balaban J connectivity index is 0.000000206. The Labute approximate surface area is 639 Å². The summed E-state index contributed by atoms with van der Waals surface area (Å²) in [6, 6.07) is 114. The minimum atomic E-state index is -2.53. The maximum atomic E-state index is 11.0. The van der Waals surface area contributed by atoms with Gasteiger partial charge in [-0.05, 0) is 151 Å². The van der Waals surface area contributed by atoms with Crippen LogP contribution in [0.2, 0.25) is 10.1 Å². The summed E-state index contributed by atoms with van der Waals surface area (Å²) in [6.45, 7) is 23.3. The smallest absolute Gasteiger partial charge is 1.00 e. The van der Waals surface area contributed by atoms with Gasteiger partial charge < -0.3 is 31.1 Å². The molecule has 0 radical (unpaired) electrons. The molecule has 0 aliphatic rings. The van der Waals surface area contributed by atoms with Crippen LogP contribution in [-0.4, -0.2) is 62.3 Å². The van der Waals surface area contributed by atoms with Gasteiger partial charge in [-0.1, -0.05) is 262 Å². The fourth-order valence-corrected chi connectivity index (χ4v) is 28.4. The van der Waals surface area contributed by atoms with E-state index in [4.69, 9.17) is 8.85 Å². The summed E-state index contributed by atoms with van der Waals surface area (Å²) in [7, 11) is -6.78. The monoisotopic (exact) mass is 1450 g/mol. The molecule has 0 saturated heterocycles.